The van der Waals surface area contributed by atoms with E-state index < -0.39 is 0 Å². The first-order valence-corrected chi connectivity index (χ1v) is 7.12. The first-order valence-electron chi connectivity index (χ1n) is 7.12. The van der Waals surface area contributed by atoms with E-state index in [1.54, 1.807) is 0 Å². The van der Waals surface area contributed by atoms with E-state index in [1.807, 2.05) is 0 Å². The molecule has 94 valence electrons. The van der Waals surface area contributed by atoms with Gasteiger partial charge in [-0.2, -0.15) is 0 Å². The van der Waals surface area contributed by atoms with Crippen LogP contribution in [-0.4, -0.2) is 12.7 Å². The molecule has 1 aliphatic rings. The lowest BCUT2D eigenvalue weighted by Crippen LogP contribution is -2.16. The lowest BCUT2D eigenvalue weighted by Gasteiger charge is -2.20. The molecule has 0 aromatic rings. The molecular formula is C15H28O. The van der Waals surface area contributed by atoms with E-state index in [1.165, 1.54) is 56.9 Å². The molecule has 0 amide bonds. The second-order valence-electron chi connectivity index (χ2n) is 5.08. The fraction of sp³-hybridized carbons (Fsp3) is 0.867. The number of ether oxygens (including phenoxy) is 1. The molecule has 1 aliphatic heterocycles. The van der Waals surface area contributed by atoms with Crippen LogP contribution in [0.1, 0.15) is 71.6 Å². The molecular weight excluding hydrogens is 196 g/mol. The Balaban J connectivity index is 1.93. The van der Waals surface area contributed by atoms with Gasteiger partial charge in [-0.3, -0.25) is 0 Å². The van der Waals surface area contributed by atoms with E-state index in [-0.39, 0.29) is 0 Å². The first-order chi connectivity index (χ1) is 7.83. The van der Waals surface area contributed by atoms with Crippen LogP contribution >= 0.6 is 0 Å². The van der Waals surface area contributed by atoms with Crippen molar-refractivity contribution in [2.75, 3.05) is 6.61 Å². The molecule has 0 saturated heterocycles. The van der Waals surface area contributed by atoms with E-state index >= 15 is 0 Å². The lowest BCUT2D eigenvalue weighted by molar-refractivity contribution is 0.0695. The Morgan fingerprint density at radius 2 is 1.81 bits per heavy atom. The molecule has 0 N–H and O–H groups in total. The van der Waals surface area contributed by atoms with E-state index in [0.717, 1.165) is 13.0 Å². The zero-order valence-electron chi connectivity index (χ0n) is 11.1. The van der Waals surface area contributed by atoms with Crippen LogP contribution in [0.5, 0.6) is 0 Å². The number of unbranched alkanes of at least 4 members (excludes halogenated alkanes) is 6. The molecule has 0 aromatic carbocycles. The van der Waals surface area contributed by atoms with Crippen molar-refractivity contribution >= 4 is 0 Å². The van der Waals surface area contributed by atoms with Gasteiger partial charge in [-0.25, -0.2) is 0 Å². The first kappa shape index (κ1) is 13.8. The summed E-state index contributed by atoms with van der Waals surface area (Å²) in [6.07, 6.45) is 14.8. The van der Waals surface area contributed by atoms with E-state index in [4.69, 9.17) is 4.74 Å². The fourth-order valence-electron chi connectivity index (χ4n) is 2.29. The Morgan fingerprint density at radius 1 is 1.12 bits per heavy atom. The van der Waals surface area contributed by atoms with Gasteiger partial charge in [0, 0.05) is 0 Å². The Kier molecular flexibility index (Phi) is 7.58. The molecule has 0 fully saturated rings. The SMILES string of the molecule is CCCCCCCCCC1C=C(C)CCO1. The third-order valence-corrected chi connectivity index (χ3v) is 3.39. The fourth-order valence-corrected chi connectivity index (χ4v) is 2.29. The summed E-state index contributed by atoms with van der Waals surface area (Å²) in [5.74, 6) is 0. The van der Waals surface area contributed by atoms with Gasteiger partial charge in [-0.1, -0.05) is 63.5 Å². The van der Waals surface area contributed by atoms with Gasteiger partial charge in [0.25, 0.3) is 0 Å². The minimum Gasteiger partial charge on any atom is -0.374 e. The van der Waals surface area contributed by atoms with Crippen molar-refractivity contribution in [2.24, 2.45) is 0 Å². The van der Waals surface area contributed by atoms with E-state index in [9.17, 15) is 0 Å². The van der Waals surface area contributed by atoms with Gasteiger partial charge < -0.3 is 4.74 Å². The van der Waals surface area contributed by atoms with Crippen LogP contribution in [-0.2, 0) is 4.74 Å². The molecule has 0 aliphatic carbocycles. The molecule has 1 heteroatoms. The molecule has 0 radical (unpaired) electrons. The summed E-state index contributed by atoms with van der Waals surface area (Å²) in [5, 5.41) is 0. The zero-order valence-corrected chi connectivity index (χ0v) is 11.1. The van der Waals surface area contributed by atoms with Gasteiger partial charge in [0.05, 0.1) is 12.7 Å². The Hall–Kier alpha value is -0.300. The predicted molar refractivity (Wildman–Crippen MR) is 70.7 cm³/mol. The molecule has 0 saturated carbocycles. The molecule has 1 heterocycles. The van der Waals surface area contributed by atoms with Gasteiger partial charge in [0.15, 0.2) is 0 Å². The smallest absolute Gasteiger partial charge is 0.0758 e. The van der Waals surface area contributed by atoms with Crippen molar-refractivity contribution in [3.63, 3.8) is 0 Å². The highest BCUT2D eigenvalue weighted by molar-refractivity contribution is 5.04. The summed E-state index contributed by atoms with van der Waals surface area (Å²) in [4.78, 5) is 0. The normalized spacial score (nSPS) is 20.9. The van der Waals surface area contributed by atoms with Crippen LogP contribution in [0.25, 0.3) is 0 Å². The van der Waals surface area contributed by atoms with Crippen LogP contribution in [0.2, 0.25) is 0 Å². The maximum absolute atomic E-state index is 5.72. The summed E-state index contributed by atoms with van der Waals surface area (Å²) in [6, 6.07) is 0. The average Bonchev–Trinajstić information content (AvgIpc) is 2.28. The second kappa shape index (κ2) is 8.81. The van der Waals surface area contributed by atoms with Crippen LogP contribution in [0, 0.1) is 0 Å². The molecule has 1 unspecified atom stereocenters. The highest BCUT2D eigenvalue weighted by Gasteiger charge is 2.10. The summed E-state index contributed by atoms with van der Waals surface area (Å²) in [5.41, 5.74) is 1.51. The van der Waals surface area contributed by atoms with Crippen molar-refractivity contribution in [1.29, 1.82) is 0 Å². The molecule has 0 bridgehead atoms. The minimum absolute atomic E-state index is 0.421. The summed E-state index contributed by atoms with van der Waals surface area (Å²) >= 11 is 0. The number of rotatable bonds is 8. The van der Waals surface area contributed by atoms with Crippen molar-refractivity contribution in [3.8, 4) is 0 Å². The van der Waals surface area contributed by atoms with Crippen molar-refractivity contribution in [3.05, 3.63) is 11.6 Å². The molecule has 1 atom stereocenters. The molecule has 0 spiro atoms. The van der Waals surface area contributed by atoms with Gasteiger partial charge in [-0.05, 0) is 19.8 Å². The minimum atomic E-state index is 0.421. The largest absolute Gasteiger partial charge is 0.374 e. The monoisotopic (exact) mass is 224 g/mol. The van der Waals surface area contributed by atoms with Crippen LogP contribution in [0.4, 0.5) is 0 Å². The van der Waals surface area contributed by atoms with E-state index in [2.05, 4.69) is 19.9 Å². The van der Waals surface area contributed by atoms with Gasteiger partial charge in [0.1, 0.15) is 0 Å². The maximum atomic E-state index is 5.72. The van der Waals surface area contributed by atoms with Gasteiger partial charge >= 0.3 is 0 Å². The maximum Gasteiger partial charge on any atom is 0.0758 e. The Morgan fingerprint density at radius 3 is 2.50 bits per heavy atom. The topological polar surface area (TPSA) is 9.23 Å². The number of hydrogen-bond donors (Lipinski definition) is 0. The summed E-state index contributed by atoms with van der Waals surface area (Å²) in [6.45, 7) is 5.43. The van der Waals surface area contributed by atoms with Gasteiger partial charge in [-0.15, -0.1) is 0 Å². The predicted octanol–water partition coefficient (Wildman–Crippen LogP) is 4.86. The van der Waals surface area contributed by atoms with Crippen molar-refractivity contribution < 1.29 is 4.74 Å². The summed E-state index contributed by atoms with van der Waals surface area (Å²) < 4.78 is 5.72. The molecule has 0 aromatic heterocycles. The highest BCUT2D eigenvalue weighted by Crippen LogP contribution is 2.17. The van der Waals surface area contributed by atoms with Crippen LogP contribution in [0.3, 0.4) is 0 Å². The van der Waals surface area contributed by atoms with Gasteiger partial charge in [0.2, 0.25) is 0 Å². The Bertz CT molecular complexity index is 196. The molecule has 1 rings (SSSR count). The second-order valence-corrected chi connectivity index (χ2v) is 5.08. The third-order valence-electron chi connectivity index (χ3n) is 3.39. The van der Waals surface area contributed by atoms with E-state index in [0.29, 0.717) is 6.10 Å². The zero-order chi connectivity index (χ0) is 11.6. The highest BCUT2D eigenvalue weighted by atomic mass is 16.5. The standard InChI is InChI=1S/C15H28O/c1-3-4-5-6-7-8-9-10-15-13-14(2)11-12-16-15/h13,15H,3-12H2,1-2H3. The third kappa shape index (κ3) is 6.32. The average molecular weight is 224 g/mol. The lowest BCUT2D eigenvalue weighted by atomic mass is 10.0. The number of hydrogen-bond acceptors (Lipinski definition) is 1. The molecule has 1 nitrogen and oxygen atoms in total. The quantitative estimate of drug-likeness (QED) is 0.422. The van der Waals surface area contributed by atoms with Crippen LogP contribution in [0.15, 0.2) is 11.6 Å². The Labute approximate surface area is 101 Å². The molecule has 16 heavy (non-hydrogen) atoms. The van der Waals surface area contributed by atoms with Crippen molar-refractivity contribution in [2.45, 2.75) is 77.7 Å². The van der Waals surface area contributed by atoms with Crippen LogP contribution < -0.4 is 0 Å². The summed E-state index contributed by atoms with van der Waals surface area (Å²) in [7, 11) is 0. The van der Waals surface area contributed by atoms with Crippen molar-refractivity contribution in [1.82, 2.24) is 0 Å².